The fourth-order valence-electron chi connectivity index (χ4n) is 3.62. The molecule has 3 heterocycles. The average Bonchev–Trinajstić information content (AvgIpc) is 2.95. The second kappa shape index (κ2) is 6.13. The van der Waals surface area contributed by atoms with Gasteiger partial charge in [-0.05, 0) is 44.5 Å². The molecule has 4 heteroatoms. The van der Waals surface area contributed by atoms with Crippen LogP contribution in [0, 0.1) is 5.92 Å². The molecule has 2 aromatic heterocycles. The number of rotatable bonds is 3. The molecule has 1 aliphatic heterocycles. The van der Waals surface area contributed by atoms with Gasteiger partial charge in [0.15, 0.2) is 5.65 Å². The summed E-state index contributed by atoms with van der Waals surface area (Å²) in [6.07, 6.45) is 4.43. The van der Waals surface area contributed by atoms with E-state index in [4.69, 9.17) is 4.98 Å². The zero-order valence-corrected chi connectivity index (χ0v) is 13.5. The van der Waals surface area contributed by atoms with Crippen LogP contribution in [0.1, 0.15) is 12.8 Å². The number of benzene rings is 1. The van der Waals surface area contributed by atoms with Gasteiger partial charge in [-0.25, -0.2) is 9.97 Å². The summed E-state index contributed by atoms with van der Waals surface area (Å²) in [7, 11) is 2.22. The van der Waals surface area contributed by atoms with Gasteiger partial charge in [-0.15, -0.1) is 0 Å². The number of nitrogens with zero attached hydrogens (tertiary/aromatic N) is 4. The van der Waals surface area contributed by atoms with Crippen molar-refractivity contribution in [3.63, 3.8) is 0 Å². The van der Waals surface area contributed by atoms with E-state index in [-0.39, 0.29) is 0 Å². The fourth-order valence-corrected chi connectivity index (χ4v) is 3.62. The van der Waals surface area contributed by atoms with Gasteiger partial charge >= 0.3 is 0 Å². The zero-order chi connectivity index (χ0) is 15.6. The number of pyridine rings is 1. The maximum atomic E-state index is 4.85. The average molecular weight is 306 g/mol. The van der Waals surface area contributed by atoms with Gasteiger partial charge in [0.1, 0.15) is 11.3 Å². The Labute approximate surface area is 136 Å². The second-order valence-electron chi connectivity index (χ2n) is 6.53. The van der Waals surface area contributed by atoms with E-state index in [0.717, 1.165) is 35.6 Å². The lowest BCUT2D eigenvalue weighted by molar-refractivity contribution is 0.196. The molecule has 3 aromatic rings. The smallest absolute Gasteiger partial charge is 0.160 e. The summed E-state index contributed by atoms with van der Waals surface area (Å²) in [5.41, 5.74) is 3.14. The van der Waals surface area contributed by atoms with Crippen molar-refractivity contribution in [2.24, 2.45) is 5.92 Å². The highest BCUT2D eigenvalue weighted by Crippen LogP contribution is 2.26. The van der Waals surface area contributed by atoms with Crippen molar-refractivity contribution in [1.29, 1.82) is 0 Å². The van der Waals surface area contributed by atoms with Gasteiger partial charge in [-0.1, -0.05) is 30.3 Å². The predicted octanol–water partition coefficient (Wildman–Crippen LogP) is 3.44. The van der Waals surface area contributed by atoms with Gasteiger partial charge < -0.3 is 9.47 Å². The first-order valence-corrected chi connectivity index (χ1v) is 8.36. The van der Waals surface area contributed by atoms with E-state index in [1.54, 1.807) is 0 Å². The zero-order valence-electron chi connectivity index (χ0n) is 13.5. The SMILES string of the molecule is CN1CCCC(Cn2c(-c3ccccc3)nc3cccnc32)C1. The summed E-state index contributed by atoms with van der Waals surface area (Å²) >= 11 is 0. The van der Waals surface area contributed by atoms with Crippen LogP contribution in [0.25, 0.3) is 22.6 Å². The second-order valence-corrected chi connectivity index (χ2v) is 6.53. The molecule has 0 aliphatic carbocycles. The molecule has 0 bridgehead atoms. The minimum absolute atomic E-state index is 0.663. The highest BCUT2D eigenvalue weighted by Gasteiger charge is 2.21. The summed E-state index contributed by atoms with van der Waals surface area (Å²) in [4.78, 5) is 11.9. The molecule has 4 rings (SSSR count). The molecule has 1 saturated heterocycles. The Morgan fingerprint density at radius 1 is 1.13 bits per heavy atom. The van der Waals surface area contributed by atoms with Gasteiger partial charge in [0.25, 0.3) is 0 Å². The van der Waals surface area contributed by atoms with Crippen LogP contribution in [0.3, 0.4) is 0 Å². The van der Waals surface area contributed by atoms with Crippen molar-refractivity contribution in [1.82, 2.24) is 19.4 Å². The lowest BCUT2D eigenvalue weighted by atomic mass is 9.98. The van der Waals surface area contributed by atoms with Gasteiger partial charge in [0.2, 0.25) is 0 Å². The molecule has 1 aromatic carbocycles. The molecule has 0 saturated carbocycles. The summed E-state index contributed by atoms with van der Waals surface area (Å²) in [5, 5.41) is 0. The first-order valence-electron chi connectivity index (χ1n) is 8.36. The molecule has 4 nitrogen and oxygen atoms in total. The molecule has 1 aliphatic rings. The number of aromatic nitrogens is 3. The molecule has 0 spiro atoms. The van der Waals surface area contributed by atoms with Gasteiger partial charge in [0, 0.05) is 24.8 Å². The molecule has 23 heavy (non-hydrogen) atoms. The van der Waals surface area contributed by atoms with E-state index >= 15 is 0 Å². The molecule has 0 radical (unpaired) electrons. The third-order valence-corrected chi connectivity index (χ3v) is 4.70. The summed E-state index contributed by atoms with van der Waals surface area (Å²) < 4.78 is 2.31. The van der Waals surface area contributed by atoms with Crippen LogP contribution in [0.5, 0.6) is 0 Å². The Hall–Kier alpha value is -2.20. The third-order valence-electron chi connectivity index (χ3n) is 4.70. The van der Waals surface area contributed by atoms with Crippen LogP contribution in [0.15, 0.2) is 48.7 Å². The van der Waals surface area contributed by atoms with E-state index in [9.17, 15) is 0 Å². The Bertz CT molecular complexity index is 793. The van der Waals surface area contributed by atoms with Crippen molar-refractivity contribution >= 4 is 11.2 Å². The minimum Gasteiger partial charge on any atom is -0.308 e. The van der Waals surface area contributed by atoms with Crippen LogP contribution in [-0.4, -0.2) is 39.6 Å². The van der Waals surface area contributed by atoms with Crippen molar-refractivity contribution in [3.8, 4) is 11.4 Å². The normalized spacial score (nSPS) is 19.3. The maximum Gasteiger partial charge on any atom is 0.160 e. The van der Waals surface area contributed by atoms with Crippen LogP contribution < -0.4 is 0 Å². The summed E-state index contributed by atoms with van der Waals surface area (Å²) in [6.45, 7) is 3.35. The van der Waals surface area contributed by atoms with Gasteiger partial charge in [-0.2, -0.15) is 0 Å². The molecule has 0 amide bonds. The van der Waals surface area contributed by atoms with Crippen molar-refractivity contribution < 1.29 is 0 Å². The Balaban J connectivity index is 1.77. The lowest BCUT2D eigenvalue weighted by Crippen LogP contribution is -2.34. The molecule has 1 unspecified atom stereocenters. The number of fused-ring (bicyclic) bond motifs is 1. The maximum absolute atomic E-state index is 4.85. The quantitative estimate of drug-likeness (QED) is 0.743. The Morgan fingerprint density at radius 2 is 2.00 bits per heavy atom. The molecule has 1 fully saturated rings. The predicted molar refractivity (Wildman–Crippen MR) is 93.2 cm³/mol. The fraction of sp³-hybridized carbons (Fsp3) is 0.368. The number of likely N-dealkylation sites (tertiary alicyclic amines) is 1. The van der Waals surface area contributed by atoms with Gasteiger partial charge in [-0.3, -0.25) is 0 Å². The van der Waals surface area contributed by atoms with E-state index in [2.05, 4.69) is 51.8 Å². The number of hydrogen-bond acceptors (Lipinski definition) is 3. The van der Waals surface area contributed by atoms with E-state index in [1.807, 2.05) is 18.3 Å². The van der Waals surface area contributed by atoms with Crippen molar-refractivity contribution in [3.05, 3.63) is 48.7 Å². The third kappa shape index (κ3) is 2.86. The van der Waals surface area contributed by atoms with Crippen molar-refractivity contribution in [2.75, 3.05) is 20.1 Å². The standard InChI is InChI=1S/C19H22N4/c1-22-12-6-7-15(13-22)14-23-18(16-8-3-2-4-9-16)21-17-10-5-11-20-19(17)23/h2-5,8-11,15H,6-7,12-14H2,1H3. The summed E-state index contributed by atoms with van der Waals surface area (Å²) in [5.74, 6) is 1.70. The number of imidazole rings is 1. The highest BCUT2D eigenvalue weighted by molar-refractivity contribution is 5.77. The van der Waals surface area contributed by atoms with E-state index < -0.39 is 0 Å². The van der Waals surface area contributed by atoms with Crippen LogP contribution in [0.2, 0.25) is 0 Å². The van der Waals surface area contributed by atoms with Crippen LogP contribution >= 0.6 is 0 Å². The summed E-state index contributed by atoms with van der Waals surface area (Å²) in [6, 6.07) is 14.5. The molecule has 0 N–H and O–H groups in total. The van der Waals surface area contributed by atoms with Crippen molar-refractivity contribution in [2.45, 2.75) is 19.4 Å². The van der Waals surface area contributed by atoms with Crippen LogP contribution in [-0.2, 0) is 6.54 Å². The molecular weight excluding hydrogens is 284 g/mol. The molecular formula is C19H22N4. The van der Waals surface area contributed by atoms with Crippen LogP contribution in [0.4, 0.5) is 0 Å². The van der Waals surface area contributed by atoms with E-state index in [1.165, 1.54) is 19.4 Å². The van der Waals surface area contributed by atoms with Gasteiger partial charge in [0.05, 0.1) is 0 Å². The van der Waals surface area contributed by atoms with E-state index in [0.29, 0.717) is 5.92 Å². The highest BCUT2D eigenvalue weighted by atomic mass is 15.1. The Morgan fingerprint density at radius 3 is 2.83 bits per heavy atom. The first-order chi connectivity index (χ1) is 11.3. The topological polar surface area (TPSA) is 34.0 Å². The molecule has 1 atom stereocenters. The monoisotopic (exact) mass is 306 g/mol. The molecule has 118 valence electrons. The number of hydrogen-bond donors (Lipinski definition) is 0. The lowest BCUT2D eigenvalue weighted by Gasteiger charge is -2.30. The number of piperidine rings is 1. The Kier molecular flexibility index (Phi) is 3.83. The first kappa shape index (κ1) is 14.4. The largest absolute Gasteiger partial charge is 0.308 e. The minimum atomic E-state index is 0.663.